The first-order valence-electron chi connectivity index (χ1n) is 8.07. The van der Waals surface area contributed by atoms with E-state index in [0.29, 0.717) is 12.1 Å². The van der Waals surface area contributed by atoms with Gasteiger partial charge in [0.1, 0.15) is 0 Å². The van der Waals surface area contributed by atoms with E-state index in [2.05, 4.69) is 37.8 Å². The Morgan fingerprint density at radius 2 is 2.16 bits per heavy atom. The second-order valence-electron chi connectivity index (χ2n) is 6.92. The van der Waals surface area contributed by atoms with Crippen LogP contribution in [0.2, 0.25) is 0 Å². The summed E-state index contributed by atoms with van der Waals surface area (Å²) in [4.78, 5) is 0. The number of nitrogens with one attached hydrogen (secondary N) is 1. The monoisotopic (exact) mass is 285 g/mol. The Balaban J connectivity index is 1.69. The summed E-state index contributed by atoms with van der Waals surface area (Å²) in [6.07, 6.45) is 7.72. The van der Waals surface area contributed by atoms with Gasteiger partial charge in [0.05, 0.1) is 5.60 Å². The predicted octanol–water partition coefficient (Wildman–Crippen LogP) is 3.85. The molecule has 0 aromatic rings. The Labute approximate surface area is 123 Å². The molecule has 19 heavy (non-hydrogen) atoms. The summed E-state index contributed by atoms with van der Waals surface area (Å²) in [5.74, 6) is 3.35. The molecule has 2 heterocycles. The van der Waals surface area contributed by atoms with Crippen LogP contribution in [0.3, 0.4) is 0 Å². The van der Waals surface area contributed by atoms with E-state index in [1.165, 1.54) is 50.0 Å². The Kier molecular flexibility index (Phi) is 6.04. The fraction of sp³-hybridized carbons (Fsp3) is 1.00. The predicted molar refractivity (Wildman–Crippen MR) is 84.9 cm³/mol. The molecule has 1 spiro atoms. The molecule has 112 valence electrons. The highest BCUT2D eigenvalue weighted by molar-refractivity contribution is 7.99. The van der Waals surface area contributed by atoms with Gasteiger partial charge < -0.3 is 10.1 Å². The minimum Gasteiger partial charge on any atom is -0.374 e. The lowest BCUT2D eigenvalue weighted by molar-refractivity contribution is -0.0712. The van der Waals surface area contributed by atoms with E-state index < -0.39 is 0 Å². The molecule has 2 aliphatic heterocycles. The molecule has 3 heteroatoms. The van der Waals surface area contributed by atoms with Gasteiger partial charge in [0.25, 0.3) is 0 Å². The van der Waals surface area contributed by atoms with Crippen molar-refractivity contribution in [3.05, 3.63) is 0 Å². The summed E-state index contributed by atoms with van der Waals surface area (Å²) in [5, 5.41) is 3.85. The summed E-state index contributed by atoms with van der Waals surface area (Å²) in [6, 6.07) is 1.34. The molecule has 0 bridgehead atoms. The van der Waals surface area contributed by atoms with Crippen LogP contribution in [0.15, 0.2) is 0 Å². The van der Waals surface area contributed by atoms with E-state index >= 15 is 0 Å². The van der Waals surface area contributed by atoms with Gasteiger partial charge in [-0.25, -0.2) is 0 Å². The zero-order chi connectivity index (χ0) is 13.7. The summed E-state index contributed by atoms with van der Waals surface area (Å²) in [7, 11) is 0. The summed E-state index contributed by atoms with van der Waals surface area (Å²) in [5.41, 5.74) is 0.220. The van der Waals surface area contributed by atoms with Gasteiger partial charge in [-0.1, -0.05) is 26.7 Å². The average molecular weight is 285 g/mol. The van der Waals surface area contributed by atoms with Crippen molar-refractivity contribution in [3.63, 3.8) is 0 Å². The number of hydrogen-bond acceptors (Lipinski definition) is 3. The lowest BCUT2D eigenvalue weighted by atomic mass is 9.89. The molecule has 2 saturated heterocycles. The van der Waals surface area contributed by atoms with Crippen LogP contribution >= 0.6 is 11.8 Å². The third-order valence-corrected chi connectivity index (χ3v) is 5.72. The minimum atomic E-state index is 0.220. The van der Waals surface area contributed by atoms with Gasteiger partial charge in [0, 0.05) is 24.4 Å². The lowest BCUT2D eigenvalue weighted by Gasteiger charge is -2.39. The van der Waals surface area contributed by atoms with E-state index in [1.54, 1.807) is 0 Å². The van der Waals surface area contributed by atoms with Crippen molar-refractivity contribution in [2.75, 3.05) is 18.1 Å². The second-order valence-corrected chi connectivity index (χ2v) is 8.02. The number of thioether (sulfide) groups is 1. The average Bonchev–Trinajstić information content (AvgIpc) is 2.76. The maximum absolute atomic E-state index is 6.09. The van der Waals surface area contributed by atoms with Gasteiger partial charge in [-0.15, -0.1) is 0 Å². The van der Waals surface area contributed by atoms with Crippen molar-refractivity contribution in [3.8, 4) is 0 Å². The summed E-state index contributed by atoms with van der Waals surface area (Å²) in [6.45, 7) is 7.94. The molecule has 2 nitrogen and oxygen atoms in total. The second kappa shape index (κ2) is 7.33. The molecule has 0 radical (unpaired) electrons. The zero-order valence-corrected chi connectivity index (χ0v) is 13.7. The first-order valence-corrected chi connectivity index (χ1v) is 9.23. The van der Waals surface area contributed by atoms with Gasteiger partial charge >= 0.3 is 0 Å². The topological polar surface area (TPSA) is 21.3 Å². The van der Waals surface area contributed by atoms with Crippen LogP contribution in [0.25, 0.3) is 0 Å². The molecule has 2 rings (SSSR count). The van der Waals surface area contributed by atoms with Gasteiger partial charge in [-0.05, 0) is 44.3 Å². The zero-order valence-electron chi connectivity index (χ0n) is 12.9. The Hall–Kier alpha value is 0.270. The van der Waals surface area contributed by atoms with Crippen LogP contribution in [0.4, 0.5) is 0 Å². The van der Waals surface area contributed by atoms with Gasteiger partial charge in [0.15, 0.2) is 0 Å². The van der Waals surface area contributed by atoms with E-state index in [1.807, 2.05) is 0 Å². The van der Waals surface area contributed by atoms with Crippen molar-refractivity contribution in [2.45, 2.75) is 77.0 Å². The number of ether oxygens (including phenoxy) is 1. The van der Waals surface area contributed by atoms with E-state index in [0.717, 1.165) is 12.5 Å². The summed E-state index contributed by atoms with van der Waals surface area (Å²) >= 11 is 2.06. The number of rotatable bonds is 6. The Morgan fingerprint density at radius 3 is 2.84 bits per heavy atom. The van der Waals surface area contributed by atoms with Crippen LogP contribution in [-0.2, 0) is 4.74 Å². The van der Waals surface area contributed by atoms with Crippen molar-refractivity contribution >= 4 is 11.8 Å². The van der Waals surface area contributed by atoms with E-state index in [-0.39, 0.29) is 5.60 Å². The highest BCUT2D eigenvalue weighted by Gasteiger charge is 2.40. The fourth-order valence-corrected chi connectivity index (χ4v) is 4.73. The van der Waals surface area contributed by atoms with Gasteiger partial charge in [0.2, 0.25) is 0 Å². The molecule has 0 amide bonds. The quantitative estimate of drug-likeness (QED) is 0.801. The molecule has 0 aromatic heterocycles. The van der Waals surface area contributed by atoms with Crippen molar-refractivity contribution in [1.29, 1.82) is 0 Å². The molecule has 3 atom stereocenters. The standard InChI is InChI=1S/C16H31NOS/c1-13(2)5-4-6-14(3)17-15-7-9-18-16(11-15)8-10-19-12-16/h13-15,17H,4-12H2,1-3H3. The van der Waals surface area contributed by atoms with Crippen LogP contribution in [0.5, 0.6) is 0 Å². The molecule has 0 saturated carbocycles. The van der Waals surface area contributed by atoms with Crippen LogP contribution < -0.4 is 5.32 Å². The van der Waals surface area contributed by atoms with E-state index in [4.69, 9.17) is 4.74 Å². The molecule has 2 aliphatic rings. The van der Waals surface area contributed by atoms with Gasteiger partial charge in [-0.3, -0.25) is 0 Å². The van der Waals surface area contributed by atoms with Crippen LogP contribution in [0, 0.1) is 5.92 Å². The SMILES string of the molecule is CC(C)CCCC(C)NC1CCOC2(CCSC2)C1. The maximum atomic E-state index is 6.09. The third kappa shape index (κ3) is 4.95. The van der Waals surface area contributed by atoms with E-state index in [9.17, 15) is 0 Å². The van der Waals surface area contributed by atoms with Crippen LogP contribution in [0.1, 0.15) is 59.3 Å². The summed E-state index contributed by atoms with van der Waals surface area (Å²) < 4.78 is 6.09. The molecule has 0 aliphatic carbocycles. The van der Waals surface area contributed by atoms with Crippen molar-refractivity contribution in [2.24, 2.45) is 5.92 Å². The largest absolute Gasteiger partial charge is 0.374 e. The normalized spacial score (nSPS) is 33.2. The molecule has 3 unspecified atom stereocenters. The first-order chi connectivity index (χ1) is 9.10. The highest BCUT2D eigenvalue weighted by Crippen LogP contribution is 2.38. The molecule has 0 aromatic carbocycles. The van der Waals surface area contributed by atoms with Crippen LogP contribution in [-0.4, -0.2) is 35.8 Å². The molecular formula is C16H31NOS. The molecular weight excluding hydrogens is 254 g/mol. The van der Waals surface area contributed by atoms with Gasteiger partial charge in [-0.2, -0.15) is 11.8 Å². The first kappa shape index (κ1) is 15.7. The molecule has 2 fully saturated rings. The fourth-order valence-electron chi connectivity index (χ4n) is 3.35. The lowest BCUT2D eigenvalue weighted by Crippen LogP contribution is -2.49. The Morgan fingerprint density at radius 1 is 1.32 bits per heavy atom. The van der Waals surface area contributed by atoms with Crippen molar-refractivity contribution < 1.29 is 4.74 Å². The highest BCUT2D eigenvalue weighted by atomic mass is 32.2. The third-order valence-electron chi connectivity index (χ3n) is 4.50. The minimum absolute atomic E-state index is 0.220. The Bertz CT molecular complexity index is 263. The number of hydrogen-bond donors (Lipinski definition) is 1. The van der Waals surface area contributed by atoms with Crippen molar-refractivity contribution in [1.82, 2.24) is 5.32 Å². The molecule has 1 N–H and O–H groups in total. The smallest absolute Gasteiger partial charge is 0.0795 e. The maximum Gasteiger partial charge on any atom is 0.0795 e.